The Bertz CT molecular complexity index is 1570. The third-order valence-electron chi connectivity index (χ3n) is 5.89. The molecule has 1 amide bonds. The highest BCUT2D eigenvalue weighted by Crippen LogP contribution is 2.25. The molecule has 0 bridgehead atoms. The molecule has 8 nitrogen and oxygen atoms in total. The number of anilines is 1. The highest BCUT2D eigenvalue weighted by molar-refractivity contribution is 7.92. The zero-order valence-electron chi connectivity index (χ0n) is 22.0. The van der Waals surface area contributed by atoms with Gasteiger partial charge in [-0.2, -0.15) is 5.10 Å². The summed E-state index contributed by atoms with van der Waals surface area (Å²) in [6, 6.07) is 27.4. The number of carbonyl (C=O) groups is 1. The number of hydrogen-bond acceptors (Lipinski definition) is 6. The summed E-state index contributed by atoms with van der Waals surface area (Å²) in [6.07, 6.45) is 1.46. The zero-order valence-corrected chi connectivity index (χ0v) is 23.5. The van der Waals surface area contributed by atoms with Gasteiger partial charge in [0.15, 0.2) is 0 Å². The Kier molecular flexibility index (Phi) is 9.42. The second-order valence-corrected chi connectivity index (χ2v) is 11.0. The molecule has 4 rings (SSSR count). The van der Waals surface area contributed by atoms with Crippen molar-refractivity contribution in [2.45, 2.75) is 18.4 Å². The second-order valence-electron chi connectivity index (χ2n) is 8.77. The summed E-state index contributed by atoms with van der Waals surface area (Å²) < 4.78 is 38.9. The predicted molar refractivity (Wildman–Crippen MR) is 157 cm³/mol. The van der Waals surface area contributed by atoms with Gasteiger partial charge in [0, 0.05) is 10.6 Å². The highest BCUT2D eigenvalue weighted by atomic mass is 35.5. The van der Waals surface area contributed by atoms with Gasteiger partial charge in [-0.3, -0.25) is 9.10 Å². The number of ether oxygens (including phenoxy) is 2. The Balaban J connectivity index is 1.41. The Hall–Kier alpha value is -4.34. The van der Waals surface area contributed by atoms with Crippen LogP contribution in [0.5, 0.6) is 11.5 Å². The summed E-state index contributed by atoms with van der Waals surface area (Å²) in [5, 5.41) is 4.63. The Morgan fingerprint density at radius 3 is 2.23 bits per heavy atom. The van der Waals surface area contributed by atoms with E-state index in [0.29, 0.717) is 34.4 Å². The maximum atomic E-state index is 13.5. The third-order valence-corrected chi connectivity index (χ3v) is 8.05. The number of nitrogens with zero attached hydrogens (tertiary/aromatic N) is 2. The molecule has 0 atom stereocenters. The molecule has 0 aliphatic carbocycles. The summed E-state index contributed by atoms with van der Waals surface area (Å²) >= 11 is 6.17. The van der Waals surface area contributed by atoms with Gasteiger partial charge < -0.3 is 9.47 Å². The molecule has 0 aliphatic heterocycles. The van der Waals surface area contributed by atoms with Gasteiger partial charge in [0.2, 0.25) is 0 Å². The Labute approximate surface area is 238 Å². The summed E-state index contributed by atoms with van der Waals surface area (Å²) in [4.78, 5) is 12.8. The number of nitrogens with one attached hydrogen (secondary N) is 1. The quantitative estimate of drug-likeness (QED) is 0.185. The number of aryl methyl sites for hydroxylation is 1. The lowest BCUT2D eigenvalue weighted by Gasteiger charge is -2.24. The van der Waals surface area contributed by atoms with E-state index >= 15 is 0 Å². The van der Waals surface area contributed by atoms with Gasteiger partial charge in [-0.05, 0) is 79.2 Å². The molecule has 0 unspecified atom stereocenters. The van der Waals surface area contributed by atoms with Gasteiger partial charge in [0.05, 0.1) is 23.9 Å². The number of hydrogen-bond donors (Lipinski definition) is 1. The van der Waals surface area contributed by atoms with Gasteiger partial charge >= 0.3 is 0 Å². The molecular weight excluding hydrogens is 550 g/mol. The van der Waals surface area contributed by atoms with E-state index in [2.05, 4.69) is 10.5 Å². The van der Waals surface area contributed by atoms with Gasteiger partial charge in [0.25, 0.3) is 15.9 Å². The average molecular weight is 578 g/mol. The molecule has 0 spiro atoms. The van der Waals surface area contributed by atoms with Crippen molar-refractivity contribution in [1.29, 1.82) is 0 Å². The standard InChI is InChI=1S/C30H28ClN3O5S/c1-22-7-11-25(12-8-22)34(40(36,37)28-17-15-26(38-2)16-18-28)20-30(35)33-32-19-23-9-13-27(14-10-23)39-21-24-5-3-4-6-29(24)31/h3-19H,20-21H2,1-2H3,(H,33,35)/b32-19-. The summed E-state index contributed by atoms with van der Waals surface area (Å²) in [7, 11) is -2.56. The first-order valence-corrected chi connectivity index (χ1v) is 14.1. The predicted octanol–water partition coefficient (Wildman–Crippen LogP) is 5.58. The van der Waals surface area contributed by atoms with Crippen LogP contribution in [0.3, 0.4) is 0 Å². The van der Waals surface area contributed by atoms with Crippen LogP contribution in [0.15, 0.2) is 107 Å². The lowest BCUT2D eigenvalue weighted by molar-refractivity contribution is -0.119. The lowest BCUT2D eigenvalue weighted by Crippen LogP contribution is -2.39. The van der Waals surface area contributed by atoms with E-state index in [-0.39, 0.29) is 4.90 Å². The van der Waals surface area contributed by atoms with Crippen LogP contribution < -0.4 is 19.2 Å². The molecule has 1 N–H and O–H groups in total. The molecule has 10 heteroatoms. The molecule has 4 aromatic carbocycles. The van der Waals surface area contributed by atoms with Crippen LogP contribution in [0.4, 0.5) is 5.69 Å². The van der Waals surface area contributed by atoms with E-state index in [1.54, 1.807) is 60.7 Å². The van der Waals surface area contributed by atoms with E-state index < -0.39 is 22.5 Å². The number of benzene rings is 4. The maximum absolute atomic E-state index is 13.5. The first-order chi connectivity index (χ1) is 19.3. The van der Waals surface area contributed by atoms with E-state index in [4.69, 9.17) is 21.1 Å². The molecule has 0 fully saturated rings. The molecule has 0 saturated heterocycles. The monoisotopic (exact) mass is 577 g/mol. The van der Waals surface area contributed by atoms with Crippen molar-refractivity contribution in [3.63, 3.8) is 0 Å². The van der Waals surface area contributed by atoms with Crippen LogP contribution in [0.1, 0.15) is 16.7 Å². The number of amides is 1. The van der Waals surface area contributed by atoms with Crippen LogP contribution in [0.25, 0.3) is 0 Å². The van der Waals surface area contributed by atoms with Crippen molar-refractivity contribution >= 4 is 39.4 Å². The fourth-order valence-corrected chi connectivity index (χ4v) is 5.28. The van der Waals surface area contributed by atoms with E-state index in [9.17, 15) is 13.2 Å². The SMILES string of the molecule is COc1ccc(S(=O)(=O)N(CC(=O)N/N=C\c2ccc(OCc3ccccc3Cl)cc2)c2ccc(C)cc2)cc1. The number of halogens is 1. The second kappa shape index (κ2) is 13.1. The number of sulfonamides is 1. The van der Waals surface area contributed by atoms with E-state index in [0.717, 1.165) is 15.4 Å². The summed E-state index contributed by atoms with van der Waals surface area (Å²) in [6.45, 7) is 1.76. The topological polar surface area (TPSA) is 97.3 Å². The fourth-order valence-electron chi connectivity index (χ4n) is 3.67. The molecule has 0 aliphatic rings. The Morgan fingerprint density at radius 2 is 1.57 bits per heavy atom. The normalized spacial score (nSPS) is 11.3. The molecule has 0 heterocycles. The largest absolute Gasteiger partial charge is 0.497 e. The van der Waals surface area contributed by atoms with Gasteiger partial charge in [-0.15, -0.1) is 0 Å². The Morgan fingerprint density at radius 1 is 0.925 bits per heavy atom. The van der Waals surface area contributed by atoms with E-state index in [1.807, 2.05) is 31.2 Å². The van der Waals surface area contributed by atoms with Gasteiger partial charge in [0.1, 0.15) is 24.7 Å². The van der Waals surface area contributed by atoms with Gasteiger partial charge in [-0.25, -0.2) is 13.8 Å². The van der Waals surface area contributed by atoms with Crippen molar-refractivity contribution in [3.8, 4) is 11.5 Å². The highest BCUT2D eigenvalue weighted by Gasteiger charge is 2.27. The number of hydrazone groups is 1. The minimum Gasteiger partial charge on any atom is -0.497 e. The minimum absolute atomic E-state index is 0.0296. The molecule has 0 radical (unpaired) electrons. The smallest absolute Gasteiger partial charge is 0.264 e. The third kappa shape index (κ3) is 7.40. The molecule has 4 aromatic rings. The lowest BCUT2D eigenvalue weighted by atomic mass is 10.2. The minimum atomic E-state index is -4.05. The van der Waals surface area contributed by atoms with Crippen LogP contribution in [-0.2, 0) is 21.4 Å². The number of methoxy groups -OCH3 is 1. The van der Waals surface area contributed by atoms with Crippen LogP contribution >= 0.6 is 11.6 Å². The molecular formula is C30H28ClN3O5S. The van der Waals surface area contributed by atoms with Crippen molar-refractivity contribution in [2.24, 2.45) is 5.10 Å². The average Bonchev–Trinajstić information content (AvgIpc) is 2.97. The van der Waals surface area contributed by atoms with Crippen LogP contribution in [0, 0.1) is 6.92 Å². The number of rotatable bonds is 11. The summed E-state index contributed by atoms with van der Waals surface area (Å²) in [5.41, 5.74) is 5.32. The van der Waals surface area contributed by atoms with Crippen molar-refractivity contribution in [2.75, 3.05) is 18.0 Å². The van der Waals surface area contributed by atoms with Gasteiger partial charge in [-0.1, -0.05) is 47.5 Å². The van der Waals surface area contributed by atoms with Crippen LogP contribution in [-0.4, -0.2) is 34.2 Å². The summed E-state index contributed by atoms with van der Waals surface area (Å²) in [5.74, 6) is 0.570. The number of carbonyl (C=O) groups excluding carboxylic acids is 1. The van der Waals surface area contributed by atoms with Crippen molar-refractivity contribution < 1.29 is 22.7 Å². The molecule has 0 saturated carbocycles. The maximum Gasteiger partial charge on any atom is 0.264 e. The zero-order chi connectivity index (χ0) is 28.5. The van der Waals surface area contributed by atoms with Crippen molar-refractivity contribution in [3.05, 3.63) is 119 Å². The molecule has 40 heavy (non-hydrogen) atoms. The first kappa shape index (κ1) is 28.7. The first-order valence-electron chi connectivity index (χ1n) is 12.3. The van der Waals surface area contributed by atoms with Crippen LogP contribution in [0.2, 0.25) is 5.02 Å². The van der Waals surface area contributed by atoms with Crippen molar-refractivity contribution in [1.82, 2.24) is 5.43 Å². The molecule has 206 valence electrons. The fraction of sp³-hybridized carbons (Fsp3) is 0.133. The van der Waals surface area contributed by atoms with E-state index in [1.165, 1.54) is 25.5 Å². The molecule has 0 aromatic heterocycles.